The molecule has 0 fully saturated rings. The molecule has 0 aliphatic rings. The average molecular weight is 337 g/mol. The predicted molar refractivity (Wildman–Crippen MR) is 103 cm³/mol. The van der Waals surface area contributed by atoms with Crippen LogP contribution in [0.5, 0.6) is 11.5 Å². The number of anilines is 1. The number of allylic oxidation sites excluding steroid dienone is 1. The zero-order chi connectivity index (χ0) is 18.4. The normalized spacial score (nSPS) is 10.7. The smallest absolute Gasteiger partial charge is 0.189 e. The van der Waals surface area contributed by atoms with Crippen molar-refractivity contribution < 1.29 is 14.6 Å². The van der Waals surface area contributed by atoms with Crippen LogP contribution in [0.4, 0.5) is 5.69 Å². The van der Waals surface area contributed by atoms with Crippen LogP contribution in [0.1, 0.15) is 22.8 Å². The fraction of sp³-hybridized carbons (Fsp3) is 0.190. The number of carbonyl (C=O) groups is 1. The molecule has 1 N–H and O–H groups in total. The van der Waals surface area contributed by atoms with Crippen molar-refractivity contribution in [3.63, 3.8) is 0 Å². The van der Waals surface area contributed by atoms with E-state index in [-0.39, 0.29) is 17.1 Å². The van der Waals surface area contributed by atoms with E-state index in [9.17, 15) is 9.90 Å². The summed E-state index contributed by atoms with van der Waals surface area (Å²) in [5.74, 6) is 0.137. The number of ketones is 1. The molecule has 0 radical (unpaired) electrons. The molecule has 0 unspecified atom stereocenters. The summed E-state index contributed by atoms with van der Waals surface area (Å²) in [6, 6.07) is 12.5. The summed E-state index contributed by atoms with van der Waals surface area (Å²) < 4.78 is 5.45. The minimum Gasteiger partial charge on any atom is -0.507 e. The number of phenols is 1. The van der Waals surface area contributed by atoms with E-state index in [0.29, 0.717) is 12.4 Å². The van der Waals surface area contributed by atoms with E-state index in [4.69, 9.17) is 4.74 Å². The van der Waals surface area contributed by atoms with Gasteiger partial charge in [0.25, 0.3) is 0 Å². The minimum atomic E-state index is -0.263. The van der Waals surface area contributed by atoms with E-state index in [2.05, 4.69) is 6.58 Å². The molecule has 4 heteroatoms. The summed E-state index contributed by atoms with van der Waals surface area (Å²) in [6.45, 7) is 5.98. The van der Waals surface area contributed by atoms with Crippen LogP contribution >= 0.6 is 0 Å². The van der Waals surface area contributed by atoms with Gasteiger partial charge in [-0.25, -0.2) is 0 Å². The van der Waals surface area contributed by atoms with E-state index < -0.39 is 0 Å². The molecule has 0 atom stereocenters. The van der Waals surface area contributed by atoms with Crippen molar-refractivity contribution in [3.8, 4) is 11.5 Å². The van der Waals surface area contributed by atoms with Crippen molar-refractivity contribution in [3.05, 3.63) is 71.8 Å². The Labute approximate surface area is 148 Å². The zero-order valence-electron chi connectivity index (χ0n) is 14.8. The molecule has 2 rings (SSSR count). The summed E-state index contributed by atoms with van der Waals surface area (Å²) in [5, 5.41) is 10.1. The molecule has 130 valence electrons. The predicted octanol–water partition coefficient (Wildman–Crippen LogP) is 4.31. The van der Waals surface area contributed by atoms with Crippen molar-refractivity contribution in [1.82, 2.24) is 0 Å². The Morgan fingerprint density at radius 1 is 1.20 bits per heavy atom. The van der Waals surface area contributed by atoms with Crippen LogP contribution in [0.2, 0.25) is 0 Å². The third-order valence-corrected chi connectivity index (χ3v) is 3.56. The number of rotatable bonds is 7. The second kappa shape index (κ2) is 8.20. The van der Waals surface area contributed by atoms with Gasteiger partial charge >= 0.3 is 0 Å². The Morgan fingerprint density at radius 2 is 1.88 bits per heavy atom. The Bertz CT molecular complexity index is 789. The third kappa shape index (κ3) is 5.24. The van der Waals surface area contributed by atoms with Gasteiger partial charge in [-0.15, -0.1) is 0 Å². The first-order valence-corrected chi connectivity index (χ1v) is 7.97. The summed E-state index contributed by atoms with van der Waals surface area (Å²) >= 11 is 0. The average Bonchev–Trinajstić information content (AvgIpc) is 2.58. The highest BCUT2D eigenvalue weighted by atomic mass is 16.5. The van der Waals surface area contributed by atoms with Crippen molar-refractivity contribution in [1.29, 1.82) is 0 Å². The molecule has 0 saturated heterocycles. The fourth-order valence-corrected chi connectivity index (χ4v) is 2.16. The largest absolute Gasteiger partial charge is 0.507 e. The molecule has 0 saturated carbocycles. The lowest BCUT2D eigenvalue weighted by molar-refractivity contribution is 0.104. The summed E-state index contributed by atoms with van der Waals surface area (Å²) in [6.07, 6.45) is 3.18. The van der Waals surface area contributed by atoms with Crippen LogP contribution in [0.25, 0.3) is 6.08 Å². The quantitative estimate of drug-likeness (QED) is 0.465. The number of carbonyl (C=O) groups excluding carboxylic acids is 1. The number of benzene rings is 2. The second-order valence-corrected chi connectivity index (χ2v) is 6.11. The molecule has 2 aromatic rings. The van der Waals surface area contributed by atoms with Gasteiger partial charge in [0.15, 0.2) is 5.78 Å². The van der Waals surface area contributed by atoms with E-state index in [1.165, 1.54) is 12.1 Å². The molecule has 0 bridgehead atoms. The molecule has 0 heterocycles. The van der Waals surface area contributed by atoms with Crippen LogP contribution in [0, 0.1) is 0 Å². The van der Waals surface area contributed by atoms with Crippen molar-refractivity contribution in [2.45, 2.75) is 6.92 Å². The molecule has 0 aliphatic heterocycles. The number of aromatic hydroxyl groups is 1. The van der Waals surface area contributed by atoms with Gasteiger partial charge in [-0.05, 0) is 48.4 Å². The highest BCUT2D eigenvalue weighted by Crippen LogP contribution is 2.25. The maximum atomic E-state index is 12.3. The molecule has 2 aromatic carbocycles. The second-order valence-electron chi connectivity index (χ2n) is 6.11. The lowest BCUT2D eigenvalue weighted by Gasteiger charge is -2.11. The van der Waals surface area contributed by atoms with E-state index in [1.807, 2.05) is 50.2 Å². The minimum absolute atomic E-state index is 0.100. The highest BCUT2D eigenvalue weighted by molar-refractivity contribution is 6.08. The Hall–Kier alpha value is -3.01. The first-order chi connectivity index (χ1) is 11.9. The van der Waals surface area contributed by atoms with Gasteiger partial charge in [0.05, 0.1) is 5.56 Å². The number of hydrogen-bond donors (Lipinski definition) is 1. The maximum Gasteiger partial charge on any atom is 0.189 e. The lowest BCUT2D eigenvalue weighted by atomic mass is 10.1. The number of phenolic OH excluding ortho intramolecular Hbond substituents is 1. The number of nitrogens with zero attached hydrogens (tertiary/aromatic N) is 1. The van der Waals surface area contributed by atoms with Gasteiger partial charge in [0.1, 0.15) is 18.1 Å². The molecular formula is C21H23NO3. The molecule has 0 amide bonds. The van der Waals surface area contributed by atoms with Gasteiger partial charge in [-0.2, -0.15) is 0 Å². The van der Waals surface area contributed by atoms with Crippen LogP contribution in [0.15, 0.2) is 60.7 Å². The van der Waals surface area contributed by atoms with Gasteiger partial charge in [0, 0.05) is 25.8 Å². The SMILES string of the molecule is C=C(C)COc1ccc(C(=O)C=Cc2ccc(N(C)C)cc2)c(O)c1. The molecular weight excluding hydrogens is 314 g/mol. The van der Waals surface area contributed by atoms with E-state index >= 15 is 0 Å². The van der Waals surface area contributed by atoms with Gasteiger partial charge in [0.2, 0.25) is 0 Å². The van der Waals surface area contributed by atoms with Crippen LogP contribution in [-0.4, -0.2) is 31.6 Å². The standard InChI is InChI=1S/C21H23NO3/c1-15(2)14-25-18-10-11-19(21(24)13-18)20(23)12-7-16-5-8-17(9-6-16)22(3)4/h5-13,24H,1,14H2,2-4H3. The maximum absolute atomic E-state index is 12.3. The van der Waals surface area contributed by atoms with Crippen LogP contribution in [0.3, 0.4) is 0 Å². The number of ether oxygens (including phenoxy) is 1. The van der Waals surface area contributed by atoms with E-state index in [0.717, 1.165) is 16.8 Å². The Balaban J connectivity index is 2.08. The Morgan fingerprint density at radius 3 is 2.44 bits per heavy atom. The lowest BCUT2D eigenvalue weighted by Crippen LogP contribution is -2.07. The highest BCUT2D eigenvalue weighted by Gasteiger charge is 2.09. The summed E-state index contributed by atoms with van der Waals surface area (Å²) in [5.41, 5.74) is 3.12. The molecule has 0 spiro atoms. The van der Waals surface area contributed by atoms with Gasteiger partial charge in [-0.3, -0.25) is 4.79 Å². The first kappa shape index (κ1) is 18.3. The van der Waals surface area contributed by atoms with Crippen molar-refractivity contribution >= 4 is 17.5 Å². The van der Waals surface area contributed by atoms with Gasteiger partial charge in [-0.1, -0.05) is 24.8 Å². The summed E-state index contributed by atoms with van der Waals surface area (Å²) in [4.78, 5) is 14.3. The van der Waals surface area contributed by atoms with Crippen molar-refractivity contribution in [2.75, 3.05) is 25.6 Å². The topological polar surface area (TPSA) is 49.8 Å². The van der Waals surface area contributed by atoms with Crippen LogP contribution < -0.4 is 9.64 Å². The molecule has 25 heavy (non-hydrogen) atoms. The Kier molecular flexibility index (Phi) is 6.01. The van der Waals surface area contributed by atoms with Crippen LogP contribution in [-0.2, 0) is 0 Å². The molecule has 4 nitrogen and oxygen atoms in total. The first-order valence-electron chi connectivity index (χ1n) is 7.97. The van der Waals surface area contributed by atoms with E-state index in [1.54, 1.807) is 18.2 Å². The zero-order valence-corrected chi connectivity index (χ0v) is 14.8. The summed E-state index contributed by atoms with van der Waals surface area (Å²) in [7, 11) is 3.95. The van der Waals surface area contributed by atoms with Gasteiger partial charge < -0.3 is 14.7 Å². The number of hydrogen-bond acceptors (Lipinski definition) is 4. The van der Waals surface area contributed by atoms with Crippen molar-refractivity contribution in [2.24, 2.45) is 0 Å². The monoisotopic (exact) mass is 337 g/mol. The molecule has 0 aromatic heterocycles. The molecule has 0 aliphatic carbocycles. The fourth-order valence-electron chi connectivity index (χ4n) is 2.16. The third-order valence-electron chi connectivity index (χ3n) is 3.56.